The first-order valence-corrected chi connectivity index (χ1v) is 9.30. The van der Waals surface area contributed by atoms with Crippen LogP contribution in [0.1, 0.15) is 33.6 Å². The second-order valence-electron chi connectivity index (χ2n) is 6.13. The number of benzene rings is 1. The molecule has 0 saturated heterocycles. The van der Waals surface area contributed by atoms with E-state index in [1.165, 1.54) is 25.2 Å². The zero-order valence-corrected chi connectivity index (χ0v) is 15.1. The van der Waals surface area contributed by atoms with E-state index in [4.69, 9.17) is 4.42 Å². The fourth-order valence-corrected chi connectivity index (χ4v) is 3.28. The number of nitrogens with one attached hydrogen (secondary N) is 2. The van der Waals surface area contributed by atoms with Crippen LogP contribution >= 0.6 is 0 Å². The number of rotatable bonds is 5. The Kier molecular flexibility index (Phi) is 4.53. The van der Waals surface area contributed by atoms with Gasteiger partial charge in [-0.05, 0) is 42.9 Å². The zero-order chi connectivity index (χ0) is 18.2. The van der Waals surface area contributed by atoms with Crippen molar-refractivity contribution in [2.75, 3.05) is 19.4 Å². The van der Waals surface area contributed by atoms with Crippen molar-refractivity contribution in [3.63, 3.8) is 0 Å². The molecule has 0 spiro atoms. The Morgan fingerprint density at radius 1 is 1.28 bits per heavy atom. The third-order valence-corrected chi connectivity index (χ3v) is 5.57. The van der Waals surface area contributed by atoms with E-state index in [9.17, 15) is 13.2 Å². The van der Waals surface area contributed by atoms with Crippen LogP contribution in [0.2, 0.25) is 0 Å². The summed E-state index contributed by atoms with van der Waals surface area (Å²) in [7, 11) is -1.23. The van der Waals surface area contributed by atoms with Gasteiger partial charge in [0, 0.05) is 19.8 Å². The maximum Gasteiger partial charge on any atom is 0.303 e. The number of aromatic nitrogens is 1. The number of anilines is 2. The van der Waals surface area contributed by atoms with Crippen molar-refractivity contribution in [3.8, 4) is 0 Å². The lowest BCUT2D eigenvalue weighted by Crippen LogP contribution is -2.39. The molecule has 25 heavy (non-hydrogen) atoms. The first kappa shape index (κ1) is 17.4. The van der Waals surface area contributed by atoms with Crippen molar-refractivity contribution in [2.45, 2.75) is 26.2 Å². The van der Waals surface area contributed by atoms with Crippen LogP contribution in [0.4, 0.5) is 11.7 Å². The molecular formula is C16H20N4O4S. The van der Waals surface area contributed by atoms with Crippen LogP contribution in [0.15, 0.2) is 22.8 Å². The maximum absolute atomic E-state index is 12.0. The van der Waals surface area contributed by atoms with Gasteiger partial charge in [-0.2, -0.15) is 17.7 Å². The SMILES string of the molecule is Cc1ccc2c(c1Nc1nc(C(=O)NS(=O)(=O)N(C)C)co1)CCC2. The minimum atomic E-state index is -3.88. The highest BCUT2D eigenvalue weighted by atomic mass is 32.2. The molecule has 2 aromatic rings. The van der Waals surface area contributed by atoms with Gasteiger partial charge in [0.2, 0.25) is 0 Å². The standard InChI is InChI=1S/C16H20N4O4S/c1-10-7-8-11-5-4-6-12(11)14(10)18-16-17-13(9-24-16)15(21)19-25(22,23)20(2)3/h7-9H,4-6H2,1-3H3,(H,17,18)(H,19,21). The van der Waals surface area contributed by atoms with Crippen LogP contribution in [0, 0.1) is 6.92 Å². The average Bonchev–Trinajstić information content (AvgIpc) is 3.18. The normalized spacial score (nSPS) is 13.8. The largest absolute Gasteiger partial charge is 0.431 e. The number of aryl methyl sites for hydroxylation is 2. The molecule has 1 heterocycles. The van der Waals surface area contributed by atoms with Crippen LogP contribution in [0.5, 0.6) is 0 Å². The number of fused-ring (bicyclic) bond motifs is 1. The van der Waals surface area contributed by atoms with Crippen LogP contribution in [-0.4, -0.2) is 37.7 Å². The summed E-state index contributed by atoms with van der Waals surface area (Å²) in [5, 5.41) is 3.12. The Bertz CT molecular complexity index is 918. The van der Waals surface area contributed by atoms with Gasteiger partial charge in [0.25, 0.3) is 11.9 Å². The highest BCUT2D eigenvalue weighted by Gasteiger charge is 2.22. The predicted molar refractivity (Wildman–Crippen MR) is 93.1 cm³/mol. The molecule has 0 unspecified atom stereocenters. The smallest absolute Gasteiger partial charge is 0.303 e. The Hall–Kier alpha value is -2.39. The number of hydrogen-bond donors (Lipinski definition) is 2. The minimum Gasteiger partial charge on any atom is -0.431 e. The predicted octanol–water partition coefficient (Wildman–Crippen LogP) is 1.75. The van der Waals surface area contributed by atoms with E-state index >= 15 is 0 Å². The summed E-state index contributed by atoms with van der Waals surface area (Å²) in [5.74, 6) is -0.847. The van der Waals surface area contributed by atoms with Gasteiger partial charge in [-0.3, -0.25) is 4.79 Å². The third-order valence-electron chi connectivity index (χ3n) is 4.16. The molecule has 1 aromatic heterocycles. The molecule has 1 amide bonds. The summed E-state index contributed by atoms with van der Waals surface area (Å²) in [6, 6.07) is 4.31. The fourth-order valence-electron chi connectivity index (χ4n) is 2.76. The number of carbonyl (C=O) groups excluding carboxylic acids is 1. The summed E-state index contributed by atoms with van der Waals surface area (Å²) in [6.45, 7) is 1.99. The summed E-state index contributed by atoms with van der Waals surface area (Å²) < 4.78 is 31.5. The first-order chi connectivity index (χ1) is 11.8. The third kappa shape index (κ3) is 3.52. The molecular weight excluding hydrogens is 344 g/mol. The maximum atomic E-state index is 12.0. The Morgan fingerprint density at radius 3 is 2.76 bits per heavy atom. The fraction of sp³-hybridized carbons (Fsp3) is 0.375. The highest BCUT2D eigenvalue weighted by Crippen LogP contribution is 2.33. The lowest BCUT2D eigenvalue weighted by Gasteiger charge is -2.12. The molecule has 2 N–H and O–H groups in total. The summed E-state index contributed by atoms with van der Waals surface area (Å²) >= 11 is 0. The first-order valence-electron chi connectivity index (χ1n) is 7.86. The quantitative estimate of drug-likeness (QED) is 0.837. The van der Waals surface area contributed by atoms with E-state index in [1.807, 2.05) is 17.7 Å². The second-order valence-corrected chi connectivity index (χ2v) is 8.01. The van der Waals surface area contributed by atoms with Gasteiger partial charge in [0.15, 0.2) is 5.69 Å². The molecule has 0 atom stereocenters. The van der Waals surface area contributed by atoms with Crippen LogP contribution in [0.3, 0.4) is 0 Å². The molecule has 0 aliphatic heterocycles. The van der Waals surface area contributed by atoms with E-state index in [0.717, 1.165) is 41.1 Å². The van der Waals surface area contributed by atoms with E-state index in [1.54, 1.807) is 0 Å². The van der Waals surface area contributed by atoms with Crippen LogP contribution < -0.4 is 10.0 Å². The molecule has 3 rings (SSSR count). The second kappa shape index (κ2) is 6.49. The molecule has 0 saturated carbocycles. The number of carbonyl (C=O) groups is 1. The Balaban J connectivity index is 1.79. The number of oxazole rings is 1. The van der Waals surface area contributed by atoms with Crippen LogP contribution in [0.25, 0.3) is 0 Å². The van der Waals surface area contributed by atoms with Crippen molar-refractivity contribution in [2.24, 2.45) is 0 Å². The molecule has 0 fully saturated rings. The zero-order valence-electron chi connectivity index (χ0n) is 14.3. The van der Waals surface area contributed by atoms with Crippen molar-refractivity contribution in [1.82, 2.24) is 14.0 Å². The van der Waals surface area contributed by atoms with Gasteiger partial charge in [-0.1, -0.05) is 12.1 Å². The number of nitrogens with zero attached hydrogens (tertiary/aromatic N) is 2. The summed E-state index contributed by atoms with van der Waals surface area (Å²) in [4.78, 5) is 16.1. The Labute approximate surface area is 146 Å². The van der Waals surface area contributed by atoms with Crippen LogP contribution in [-0.2, 0) is 23.1 Å². The molecule has 1 aliphatic rings. The lowest BCUT2D eigenvalue weighted by molar-refractivity contribution is 0.0975. The molecule has 0 radical (unpaired) electrons. The molecule has 1 aromatic carbocycles. The summed E-state index contributed by atoms with van der Waals surface area (Å²) in [5.41, 5.74) is 4.41. The molecule has 0 bridgehead atoms. The van der Waals surface area contributed by atoms with Gasteiger partial charge >= 0.3 is 10.2 Å². The van der Waals surface area contributed by atoms with E-state index in [-0.39, 0.29) is 11.7 Å². The lowest BCUT2D eigenvalue weighted by atomic mass is 10.0. The molecule has 9 heteroatoms. The topological polar surface area (TPSA) is 105 Å². The van der Waals surface area contributed by atoms with Crippen molar-refractivity contribution < 1.29 is 17.6 Å². The van der Waals surface area contributed by atoms with Gasteiger partial charge in [-0.25, -0.2) is 4.72 Å². The van der Waals surface area contributed by atoms with Gasteiger partial charge < -0.3 is 9.73 Å². The van der Waals surface area contributed by atoms with Gasteiger partial charge in [-0.15, -0.1) is 0 Å². The van der Waals surface area contributed by atoms with Crippen molar-refractivity contribution in [1.29, 1.82) is 0 Å². The number of amides is 1. The van der Waals surface area contributed by atoms with Crippen molar-refractivity contribution >= 4 is 27.8 Å². The van der Waals surface area contributed by atoms with E-state index < -0.39 is 16.1 Å². The minimum absolute atomic E-state index is 0.113. The Morgan fingerprint density at radius 2 is 2.04 bits per heavy atom. The molecule has 8 nitrogen and oxygen atoms in total. The van der Waals surface area contributed by atoms with Crippen molar-refractivity contribution in [3.05, 3.63) is 40.8 Å². The monoisotopic (exact) mass is 364 g/mol. The molecule has 1 aliphatic carbocycles. The van der Waals surface area contributed by atoms with E-state index in [0.29, 0.717) is 0 Å². The van der Waals surface area contributed by atoms with Gasteiger partial charge in [0.1, 0.15) is 6.26 Å². The average molecular weight is 364 g/mol. The highest BCUT2D eigenvalue weighted by molar-refractivity contribution is 7.87. The summed E-state index contributed by atoms with van der Waals surface area (Å²) in [6.07, 6.45) is 4.26. The van der Waals surface area contributed by atoms with Gasteiger partial charge in [0.05, 0.1) is 0 Å². The number of hydrogen-bond acceptors (Lipinski definition) is 6. The van der Waals surface area contributed by atoms with E-state index in [2.05, 4.69) is 16.4 Å². The molecule has 134 valence electrons.